The van der Waals surface area contributed by atoms with E-state index in [9.17, 15) is 0 Å². The smallest absolute Gasteiger partial charge is 0.308 e. The Bertz CT molecular complexity index is 209. The molecular formula is C15H31ClN2. The monoisotopic (exact) mass is 274 g/mol. The molecule has 2 nitrogen and oxygen atoms in total. The molecule has 0 atom stereocenters. The fourth-order valence-corrected chi connectivity index (χ4v) is 2.04. The van der Waals surface area contributed by atoms with Crippen LogP contribution in [0.3, 0.4) is 0 Å². The second-order valence-corrected chi connectivity index (χ2v) is 5.69. The number of quaternary nitrogens is 1. The molecule has 0 fully saturated rings. The van der Waals surface area contributed by atoms with Gasteiger partial charge in [-0.15, -0.1) is 5.26 Å². The second-order valence-electron chi connectivity index (χ2n) is 5.69. The zero-order valence-electron chi connectivity index (χ0n) is 12.6. The van der Waals surface area contributed by atoms with E-state index in [1.165, 1.54) is 64.2 Å². The Hall–Kier alpha value is -0.260. The largest absolute Gasteiger partial charge is 1.00 e. The minimum Gasteiger partial charge on any atom is -1.00 e. The lowest BCUT2D eigenvalue weighted by Gasteiger charge is -2.17. The van der Waals surface area contributed by atoms with Crippen molar-refractivity contribution < 1.29 is 16.9 Å². The van der Waals surface area contributed by atoms with Crippen LogP contribution < -0.4 is 12.4 Å². The summed E-state index contributed by atoms with van der Waals surface area (Å²) in [6.45, 7) is 3.26. The Morgan fingerprint density at radius 1 is 0.778 bits per heavy atom. The summed E-state index contributed by atoms with van der Waals surface area (Å²) in [5, 5.41) is 8.86. The molecule has 0 radical (unpaired) electrons. The Labute approximate surface area is 120 Å². The lowest BCUT2D eigenvalue weighted by Crippen LogP contribution is -3.00. The molecule has 0 aliphatic carbocycles. The molecule has 0 aromatic heterocycles. The van der Waals surface area contributed by atoms with E-state index >= 15 is 0 Å². The van der Waals surface area contributed by atoms with Crippen LogP contribution in [-0.2, 0) is 0 Å². The third-order valence-electron chi connectivity index (χ3n) is 3.34. The maximum absolute atomic E-state index is 8.86. The highest BCUT2D eigenvalue weighted by atomic mass is 35.5. The van der Waals surface area contributed by atoms with Crippen molar-refractivity contribution >= 4 is 0 Å². The van der Waals surface area contributed by atoms with Crippen molar-refractivity contribution in [2.75, 3.05) is 20.6 Å². The summed E-state index contributed by atoms with van der Waals surface area (Å²) in [6.07, 6.45) is 15.9. The van der Waals surface area contributed by atoms with Gasteiger partial charge in [-0.05, 0) is 12.8 Å². The van der Waals surface area contributed by atoms with Crippen LogP contribution in [-0.4, -0.2) is 25.1 Å². The molecule has 0 N–H and O–H groups in total. The van der Waals surface area contributed by atoms with E-state index in [0.29, 0.717) is 4.48 Å². The first-order valence-corrected chi connectivity index (χ1v) is 7.36. The first kappa shape index (κ1) is 20.1. The molecule has 0 aliphatic heterocycles. The van der Waals surface area contributed by atoms with E-state index in [0.717, 1.165) is 6.54 Å². The molecular weight excluding hydrogens is 244 g/mol. The molecule has 0 aromatic carbocycles. The fourth-order valence-electron chi connectivity index (χ4n) is 2.04. The molecule has 0 amide bonds. The minimum atomic E-state index is 0. The summed E-state index contributed by atoms with van der Waals surface area (Å²) in [7, 11) is 3.96. The summed E-state index contributed by atoms with van der Waals surface area (Å²) < 4.78 is 0.497. The van der Waals surface area contributed by atoms with Crippen molar-refractivity contribution in [1.82, 2.24) is 0 Å². The lowest BCUT2D eigenvalue weighted by molar-refractivity contribution is -0.824. The van der Waals surface area contributed by atoms with Gasteiger partial charge in [-0.25, -0.2) is 4.48 Å². The van der Waals surface area contributed by atoms with Crippen LogP contribution in [0.15, 0.2) is 0 Å². The van der Waals surface area contributed by atoms with Crippen molar-refractivity contribution in [2.45, 2.75) is 71.1 Å². The van der Waals surface area contributed by atoms with Gasteiger partial charge in [-0.1, -0.05) is 58.3 Å². The van der Waals surface area contributed by atoms with Gasteiger partial charge in [0.15, 0.2) is 0 Å². The van der Waals surface area contributed by atoms with Crippen molar-refractivity contribution in [2.24, 2.45) is 0 Å². The van der Waals surface area contributed by atoms with Gasteiger partial charge in [0.25, 0.3) is 0 Å². The molecule has 0 saturated heterocycles. The van der Waals surface area contributed by atoms with E-state index in [4.69, 9.17) is 5.26 Å². The zero-order chi connectivity index (χ0) is 13.0. The van der Waals surface area contributed by atoms with Crippen LogP contribution >= 0.6 is 0 Å². The lowest BCUT2D eigenvalue weighted by atomic mass is 10.1. The van der Waals surface area contributed by atoms with Gasteiger partial charge in [0, 0.05) is 0 Å². The van der Waals surface area contributed by atoms with Crippen molar-refractivity contribution in [3.8, 4) is 6.19 Å². The number of rotatable bonds is 11. The number of hydrogen-bond donors (Lipinski definition) is 0. The van der Waals surface area contributed by atoms with Crippen LogP contribution in [0.2, 0.25) is 0 Å². The zero-order valence-corrected chi connectivity index (χ0v) is 13.3. The molecule has 0 unspecified atom stereocenters. The van der Waals surface area contributed by atoms with Crippen LogP contribution in [0.4, 0.5) is 0 Å². The number of nitriles is 1. The number of halogens is 1. The first-order chi connectivity index (χ1) is 8.12. The summed E-state index contributed by atoms with van der Waals surface area (Å²) in [5.41, 5.74) is 0. The van der Waals surface area contributed by atoms with Crippen LogP contribution in [0.25, 0.3) is 0 Å². The predicted molar refractivity (Wildman–Crippen MR) is 74.4 cm³/mol. The topological polar surface area (TPSA) is 23.8 Å². The van der Waals surface area contributed by atoms with Gasteiger partial charge in [0.2, 0.25) is 0 Å². The maximum Gasteiger partial charge on any atom is 0.308 e. The Kier molecular flexibility index (Phi) is 14.7. The molecule has 0 aromatic rings. The second kappa shape index (κ2) is 13.2. The fraction of sp³-hybridized carbons (Fsp3) is 0.933. The van der Waals surface area contributed by atoms with Crippen LogP contribution in [0.1, 0.15) is 71.1 Å². The Balaban J connectivity index is 0. The van der Waals surface area contributed by atoms with E-state index < -0.39 is 0 Å². The van der Waals surface area contributed by atoms with Crippen LogP contribution in [0.5, 0.6) is 0 Å². The standard InChI is InChI=1S/C15H31N2.ClH/c1-4-5-6-7-8-9-10-11-12-13-14-17(2,3)15-16;/h4-14H2,1-3H3;1H/q+1;/p-1. The molecule has 0 bridgehead atoms. The average Bonchev–Trinajstić information content (AvgIpc) is 2.31. The summed E-state index contributed by atoms with van der Waals surface area (Å²) in [4.78, 5) is 0. The SMILES string of the molecule is CCCCCCCCCCCC[N+](C)(C)C#N.[Cl-]. The normalized spacial score (nSPS) is 10.8. The maximum atomic E-state index is 8.86. The predicted octanol–water partition coefficient (Wildman–Crippen LogP) is 1.47. The highest BCUT2D eigenvalue weighted by Crippen LogP contribution is 2.11. The summed E-state index contributed by atoms with van der Waals surface area (Å²) in [6, 6.07) is 0. The number of nitrogens with zero attached hydrogens (tertiary/aromatic N) is 2. The summed E-state index contributed by atoms with van der Waals surface area (Å²) in [5.74, 6) is 0. The molecule has 18 heavy (non-hydrogen) atoms. The molecule has 0 heterocycles. The first-order valence-electron chi connectivity index (χ1n) is 7.36. The van der Waals surface area contributed by atoms with Gasteiger partial charge < -0.3 is 12.4 Å². The van der Waals surface area contributed by atoms with Gasteiger partial charge in [0.1, 0.15) is 0 Å². The van der Waals surface area contributed by atoms with Crippen LogP contribution in [0, 0.1) is 11.5 Å². The third-order valence-corrected chi connectivity index (χ3v) is 3.34. The molecule has 0 aliphatic rings. The van der Waals surface area contributed by atoms with E-state index in [-0.39, 0.29) is 12.4 Å². The van der Waals surface area contributed by atoms with Crippen molar-refractivity contribution in [3.05, 3.63) is 0 Å². The summed E-state index contributed by atoms with van der Waals surface area (Å²) >= 11 is 0. The highest BCUT2D eigenvalue weighted by Gasteiger charge is 2.12. The van der Waals surface area contributed by atoms with E-state index in [1.807, 2.05) is 14.1 Å². The van der Waals surface area contributed by atoms with Gasteiger partial charge in [0.05, 0.1) is 20.6 Å². The molecule has 0 spiro atoms. The highest BCUT2D eigenvalue weighted by molar-refractivity contribution is 4.52. The van der Waals surface area contributed by atoms with Crippen molar-refractivity contribution in [1.29, 1.82) is 5.26 Å². The minimum absolute atomic E-state index is 0. The Morgan fingerprint density at radius 3 is 1.56 bits per heavy atom. The van der Waals surface area contributed by atoms with Gasteiger partial charge in [-0.3, -0.25) is 0 Å². The van der Waals surface area contributed by atoms with E-state index in [2.05, 4.69) is 13.1 Å². The Morgan fingerprint density at radius 2 is 1.17 bits per heavy atom. The quantitative estimate of drug-likeness (QED) is 0.318. The number of unbranched alkanes of at least 4 members (excludes halogenated alkanes) is 9. The van der Waals surface area contributed by atoms with Crippen molar-refractivity contribution in [3.63, 3.8) is 0 Å². The average molecular weight is 275 g/mol. The molecule has 108 valence electrons. The van der Waals surface area contributed by atoms with Gasteiger partial charge in [-0.2, -0.15) is 0 Å². The van der Waals surface area contributed by atoms with E-state index in [1.54, 1.807) is 0 Å². The third kappa shape index (κ3) is 13.8. The molecule has 0 rings (SSSR count). The van der Waals surface area contributed by atoms with Gasteiger partial charge >= 0.3 is 6.19 Å². The number of hydrogen-bond acceptors (Lipinski definition) is 1. The molecule has 3 heteroatoms. The molecule has 0 saturated carbocycles.